The largest absolute Gasteiger partial charge is 0.366 e. The quantitative estimate of drug-likeness (QED) is 0.526. The Kier molecular flexibility index (Phi) is 4.91. The molecule has 0 fully saturated rings. The van der Waals surface area contributed by atoms with Crippen LogP contribution < -0.4 is 5.32 Å². The summed E-state index contributed by atoms with van der Waals surface area (Å²) in [4.78, 5) is 0. The normalized spacial score (nSPS) is 10.5. The summed E-state index contributed by atoms with van der Waals surface area (Å²) in [5.41, 5.74) is 3.32. The highest BCUT2D eigenvalue weighted by atomic mass is 32.1. The highest BCUT2D eigenvalue weighted by Gasteiger charge is 2.11. The van der Waals surface area contributed by atoms with E-state index >= 15 is 0 Å². The van der Waals surface area contributed by atoms with Gasteiger partial charge >= 0.3 is 0 Å². The molecular weight excluding hydrogens is 316 g/mol. The number of nitrogens with zero attached hydrogens (tertiary/aromatic N) is 3. The first-order valence-corrected chi connectivity index (χ1v) is 8.24. The second-order valence-electron chi connectivity index (χ2n) is 5.57. The number of aryl methyl sites for hydroxylation is 1. The van der Waals surface area contributed by atoms with Crippen molar-refractivity contribution in [2.45, 2.75) is 20.1 Å². The third-order valence-corrected chi connectivity index (χ3v) is 4.18. The fourth-order valence-electron chi connectivity index (χ4n) is 2.48. The molecular formula is C19H20N4S. The van der Waals surface area contributed by atoms with E-state index in [2.05, 4.69) is 43.1 Å². The number of hydrogen-bond acceptors (Lipinski definition) is 3. The highest BCUT2D eigenvalue weighted by Crippen LogP contribution is 2.18. The molecule has 0 atom stereocenters. The van der Waals surface area contributed by atoms with Crippen molar-refractivity contribution in [2.24, 2.45) is 0 Å². The van der Waals surface area contributed by atoms with Gasteiger partial charge in [-0.2, -0.15) is 0 Å². The fraction of sp³-hybridized carbons (Fsp3) is 0.158. The van der Waals surface area contributed by atoms with E-state index in [9.17, 15) is 0 Å². The number of aromatic nitrogens is 3. The molecule has 0 spiro atoms. The van der Waals surface area contributed by atoms with Crippen LogP contribution in [0, 0.1) is 11.7 Å². The van der Waals surface area contributed by atoms with E-state index < -0.39 is 0 Å². The van der Waals surface area contributed by atoms with Crippen LogP contribution in [-0.4, -0.2) is 14.3 Å². The molecule has 0 bridgehead atoms. The fourth-order valence-corrected chi connectivity index (χ4v) is 2.74. The predicted octanol–water partition coefficient (Wildman–Crippen LogP) is 4.65. The molecule has 0 unspecified atom stereocenters. The first kappa shape index (κ1) is 16.2. The van der Waals surface area contributed by atoms with Gasteiger partial charge in [-0.15, -0.1) is 11.7 Å². The molecule has 122 valence electrons. The molecule has 0 aliphatic heterocycles. The molecule has 4 nitrogen and oxygen atoms in total. The lowest BCUT2D eigenvalue weighted by Gasteiger charge is -2.06. The van der Waals surface area contributed by atoms with E-state index in [-0.39, 0.29) is 0 Å². The predicted molar refractivity (Wildman–Crippen MR) is 101 cm³/mol. The maximum Gasteiger partial charge on any atom is 0.200 e. The summed E-state index contributed by atoms with van der Waals surface area (Å²) in [6.07, 6.45) is 1.83. The van der Waals surface area contributed by atoms with Crippen LogP contribution in [-0.2, 0) is 13.2 Å². The van der Waals surface area contributed by atoms with E-state index in [1.54, 1.807) is 4.68 Å². The Morgan fingerprint density at radius 3 is 2.50 bits per heavy atom. The van der Waals surface area contributed by atoms with Crippen molar-refractivity contribution >= 4 is 17.9 Å². The average molecular weight is 336 g/mol. The van der Waals surface area contributed by atoms with Crippen molar-refractivity contribution < 1.29 is 0 Å². The van der Waals surface area contributed by atoms with Gasteiger partial charge in [0.15, 0.2) is 10.6 Å². The number of benzene rings is 2. The number of allylic oxidation sites excluding steroid dienone is 1. The van der Waals surface area contributed by atoms with Crippen LogP contribution in [0.15, 0.2) is 67.3 Å². The molecule has 1 heterocycles. The minimum absolute atomic E-state index is 0.520. The Hall–Kier alpha value is -2.66. The van der Waals surface area contributed by atoms with Crippen LogP contribution in [0.25, 0.3) is 11.4 Å². The monoisotopic (exact) mass is 336 g/mol. The second kappa shape index (κ2) is 7.27. The molecule has 0 aliphatic carbocycles. The lowest BCUT2D eigenvalue weighted by Crippen LogP contribution is -2.10. The number of rotatable bonds is 6. The first-order chi connectivity index (χ1) is 11.7. The molecule has 1 N–H and O–H groups in total. The van der Waals surface area contributed by atoms with E-state index in [4.69, 9.17) is 17.3 Å². The van der Waals surface area contributed by atoms with Gasteiger partial charge in [-0.25, -0.2) is 4.68 Å². The second-order valence-corrected chi connectivity index (χ2v) is 5.94. The summed E-state index contributed by atoms with van der Waals surface area (Å²) >= 11 is 5.59. The number of nitrogens with one attached hydrogen (secondary N) is 1. The zero-order chi connectivity index (χ0) is 16.9. The molecule has 24 heavy (non-hydrogen) atoms. The molecule has 0 radical (unpaired) electrons. The lowest BCUT2D eigenvalue weighted by molar-refractivity contribution is 0.647. The summed E-state index contributed by atoms with van der Waals surface area (Å²) < 4.78 is 4.48. The van der Waals surface area contributed by atoms with Gasteiger partial charge in [0.2, 0.25) is 0 Å². The first-order valence-electron chi connectivity index (χ1n) is 7.83. The van der Waals surface area contributed by atoms with Crippen molar-refractivity contribution in [3.05, 3.63) is 77.6 Å². The van der Waals surface area contributed by atoms with Crippen molar-refractivity contribution in [3.63, 3.8) is 0 Å². The van der Waals surface area contributed by atoms with Gasteiger partial charge in [0, 0.05) is 17.8 Å². The molecule has 5 heteroatoms. The van der Waals surface area contributed by atoms with E-state index in [1.165, 1.54) is 5.56 Å². The van der Waals surface area contributed by atoms with E-state index in [0.29, 0.717) is 18.0 Å². The Morgan fingerprint density at radius 1 is 1.12 bits per heavy atom. The Labute approximate surface area is 147 Å². The molecule has 0 saturated carbocycles. The van der Waals surface area contributed by atoms with Crippen molar-refractivity contribution in [2.75, 3.05) is 5.32 Å². The van der Waals surface area contributed by atoms with Crippen LogP contribution in [0.5, 0.6) is 0 Å². The van der Waals surface area contributed by atoms with Crippen LogP contribution in [0.4, 0.5) is 5.69 Å². The van der Waals surface area contributed by atoms with Crippen LogP contribution in [0.2, 0.25) is 0 Å². The van der Waals surface area contributed by atoms with Crippen molar-refractivity contribution in [3.8, 4) is 11.4 Å². The Bertz CT molecular complexity index is 876. The van der Waals surface area contributed by atoms with Gasteiger partial charge in [0.1, 0.15) is 6.67 Å². The van der Waals surface area contributed by atoms with Crippen LogP contribution >= 0.6 is 12.2 Å². The van der Waals surface area contributed by atoms with Gasteiger partial charge in [-0.05, 0) is 31.3 Å². The zero-order valence-electron chi connectivity index (χ0n) is 13.6. The molecule has 1 aromatic heterocycles. The van der Waals surface area contributed by atoms with Gasteiger partial charge < -0.3 is 5.32 Å². The van der Waals surface area contributed by atoms with Crippen molar-refractivity contribution in [1.82, 2.24) is 14.3 Å². The molecule has 3 aromatic rings. The number of hydrogen-bond donors (Lipinski definition) is 1. The summed E-state index contributed by atoms with van der Waals surface area (Å²) in [5, 5.41) is 8.05. The molecule has 0 saturated heterocycles. The Morgan fingerprint density at radius 2 is 1.83 bits per heavy atom. The van der Waals surface area contributed by atoms with Gasteiger partial charge in [0.05, 0.1) is 0 Å². The van der Waals surface area contributed by atoms with E-state index in [0.717, 1.165) is 17.1 Å². The molecule has 0 aliphatic rings. The Balaban J connectivity index is 1.89. The summed E-state index contributed by atoms with van der Waals surface area (Å²) in [7, 11) is 0. The minimum Gasteiger partial charge on any atom is -0.366 e. The summed E-state index contributed by atoms with van der Waals surface area (Å²) in [6.45, 7) is 7.05. The van der Waals surface area contributed by atoms with Crippen molar-refractivity contribution in [1.29, 1.82) is 0 Å². The van der Waals surface area contributed by atoms with Gasteiger partial charge in [-0.3, -0.25) is 4.57 Å². The lowest BCUT2D eigenvalue weighted by atomic mass is 10.2. The smallest absolute Gasteiger partial charge is 0.200 e. The SMILES string of the molecule is C=CCn1c(-c2ccccc2)nn(CNc2ccc(C)cc2)c1=S. The topological polar surface area (TPSA) is 34.8 Å². The number of anilines is 1. The molecule has 2 aromatic carbocycles. The maximum atomic E-state index is 5.59. The molecule has 3 rings (SSSR count). The van der Waals surface area contributed by atoms with E-state index in [1.807, 2.05) is 41.0 Å². The third kappa shape index (κ3) is 3.46. The standard InChI is InChI=1S/C19H20N4S/c1-3-13-22-18(16-7-5-4-6-8-16)21-23(19(22)24)14-20-17-11-9-15(2)10-12-17/h3-12,20H,1,13-14H2,2H3. The van der Waals surface area contributed by atoms with Crippen LogP contribution in [0.3, 0.4) is 0 Å². The minimum atomic E-state index is 0.520. The maximum absolute atomic E-state index is 5.59. The van der Waals surface area contributed by atoms with Gasteiger partial charge in [-0.1, -0.05) is 54.1 Å². The summed E-state index contributed by atoms with van der Waals surface area (Å²) in [6, 6.07) is 18.3. The van der Waals surface area contributed by atoms with Gasteiger partial charge in [0.25, 0.3) is 0 Å². The average Bonchev–Trinajstić information content (AvgIpc) is 2.92. The molecule has 0 amide bonds. The van der Waals surface area contributed by atoms with Crippen LogP contribution in [0.1, 0.15) is 5.56 Å². The summed E-state index contributed by atoms with van der Waals surface area (Å²) in [5.74, 6) is 0.853. The highest BCUT2D eigenvalue weighted by molar-refractivity contribution is 7.71. The zero-order valence-corrected chi connectivity index (χ0v) is 14.5. The third-order valence-electron chi connectivity index (χ3n) is 3.75.